The highest BCUT2D eigenvalue weighted by Crippen LogP contribution is 2.16. The van der Waals surface area contributed by atoms with Crippen molar-refractivity contribution in [3.63, 3.8) is 0 Å². The zero-order valence-corrected chi connectivity index (χ0v) is 15.6. The average molecular weight is 390 g/mol. The Labute approximate surface area is 165 Å². The highest BCUT2D eigenvalue weighted by molar-refractivity contribution is 6.05. The van der Waals surface area contributed by atoms with Crippen LogP contribution in [0, 0.1) is 0 Å². The van der Waals surface area contributed by atoms with E-state index in [9.17, 15) is 9.59 Å². The fraction of sp³-hybridized carbons (Fsp3) is 0.105. The molecule has 29 heavy (non-hydrogen) atoms. The molecule has 4 aromatic rings. The van der Waals surface area contributed by atoms with E-state index in [2.05, 4.69) is 25.9 Å². The summed E-state index contributed by atoms with van der Waals surface area (Å²) in [5.41, 5.74) is 1.67. The van der Waals surface area contributed by atoms with Crippen LogP contribution in [0.1, 0.15) is 21.0 Å². The van der Waals surface area contributed by atoms with Gasteiger partial charge in [-0.05, 0) is 36.4 Å². The van der Waals surface area contributed by atoms with Gasteiger partial charge in [0.25, 0.3) is 11.8 Å². The van der Waals surface area contributed by atoms with Gasteiger partial charge in [-0.3, -0.25) is 23.6 Å². The molecule has 3 aromatic heterocycles. The quantitative estimate of drug-likeness (QED) is 0.522. The number of hydrogen-bond acceptors (Lipinski definition) is 5. The Morgan fingerprint density at radius 1 is 0.862 bits per heavy atom. The van der Waals surface area contributed by atoms with Crippen LogP contribution in [0.3, 0.4) is 0 Å². The summed E-state index contributed by atoms with van der Waals surface area (Å²) in [6, 6.07) is 11.9. The average Bonchev–Trinajstić information content (AvgIpc) is 3.45. The van der Waals surface area contributed by atoms with Crippen LogP contribution in [0.5, 0.6) is 0 Å². The lowest BCUT2D eigenvalue weighted by atomic mass is 10.2. The first-order chi connectivity index (χ1) is 14.1. The van der Waals surface area contributed by atoms with Crippen molar-refractivity contribution in [2.45, 2.75) is 6.67 Å². The molecule has 0 aliphatic carbocycles. The first-order valence-electron chi connectivity index (χ1n) is 8.80. The Balaban J connectivity index is 1.40. The van der Waals surface area contributed by atoms with E-state index in [-0.39, 0.29) is 17.5 Å². The minimum atomic E-state index is -0.350. The van der Waals surface area contributed by atoms with Gasteiger partial charge in [0.15, 0.2) is 11.4 Å². The Kier molecular flexibility index (Phi) is 4.89. The van der Waals surface area contributed by atoms with Crippen molar-refractivity contribution in [2.75, 3.05) is 10.6 Å². The van der Waals surface area contributed by atoms with Crippen LogP contribution in [0.4, 0.5) is 11.4 Å². The number of aryl methyl sites for hydroxylation is 1. The number of anilines is 2. The zero-order chi connectivity index (χ0) is 20.2. The molecule has 2 amide bonds. The van der Waals surface area contributed by atoms with E-state index in [0.717, 1.165) is 0 Å². The molecule has 10 heteroatoms. The Hall–Kier alpha value is -4.21. The predicted molar refractivity (Wildman–Crippen MR) is 105 cm³/mol. The zero-order valence-electron chi connectivity index (χ0n) is 15.6. The van der Waals surface area contributed by atoms with Crippen molar-refractivity contribution >= 4 is 23.2 Å². The van der Waals surface area contributed by atoms with Crippen LogP contribution < -0.4 is 10.6 Å². The molecular weight excluding hydrogens is 372 g/mol. The molecule has 10 nitrogen and oxygen atoms in total. The largest absolute Gasteiger partial charge is 0.321 e. The fourth-order valence-electron chi connectivity index (χ4n) is 2.70. The number of carbonyl (C=O) groups is 2. The summed E-state index contributed by atoms with van der Waals surface area (Å²) < 4.78 is 4.87. The van der Waals surface area contributed by atoms with Crippen LogP contribution in [0.15, 0.2) is 67.3 Å². The SMILES string of the molecule is Cn1ccc(C(=O)Nc2cccc(NC(=O)c3ccn(Cn4cccn4)n3)c2)n1. The van der Waals surface area contributed by atoms with Gasteiger partial charge in [0.2, 0.25) is 0 Å². The van der Waals surface area contributed by atoms with E-state index in [0.29, 0.717) is 23.7 Å². The number of rotatable bonds is 6. The maximum Gasteiger partial charge on any atom is 0.276 e. The molecule has 0 radical (unpaired) electrons. The number of nitrogens with one attached hydrogen (secondary N) is 2. The molecule has 0 saturated carbocycles. The number of hydrogen-bond donors (Lipinski definition) is 2. The predicted octanol–water partition coefficient (Wildman–Crippen LogP) is 1.82. The molecule has 146 valence electrons. The number of amides is 2. The molecule has 0 saturated heterocycles. The third-order valence-corrected chi connectivity index (χ3v) is 4.05. The summed E-state index contributed by atoms with van der Waals surface area (Å²) in [7, 11) is 1.74. The van der Waals surface area contributed by atoms with Gasteiger partial charge >= 0.3 is 0 Å². The second-order valence-corrected chi connectivity index (χ2v) is 6.29. The lowest BCUT2D eigenvalue weighted by molar-refractivity contribution is 0.101. The molecule has 0 atom stereocenters. The molecule has 0 unspecified atom stereocenters. The summed E-state index contributed by atoms with van der Waals surface area (Å²) in [4.78, 5) is 24.7. The molecule has 0 bridgehead atoms. The van der Waals surface area contributed by atoms with Crippen molar-refractivity contribution in [1.82, 2.24) is 29.3 Å². The first kappa shape index (κ1) is 18.2. The molecule has 0 fully saturated rings. The van der Waals surface area contributed by atoms with Gasteiger partial charge in [0, 0.05) is 43.2 Å². The molecule has 0 aliphatic heterocycles. The number of carbonyl (C=O) groups excluding carboxylic acids is 2. The molecule has 0 aliphatic rings. The number of aromatic nitrogens is 6. The minimum absolute atomic E-state index is 0.278. The topological polar surface area (TPSA) is 112 Å². The third-order valence-electron chi connectivity index (χ3n) is 4.05. The van der Waals surface area contributed by atoms with Crippen LogP contribution in [0.25, 0.3) is 0 Å². The highest BCUT2D eigenvalue weighted by atomic mass is 16.2. The van der Waals surface area contributed by atoms with E-state index in [1.807, 2.05) is 12.3 Å². The molecule has 3 heterocycles. The molecular formula is C19H18N8O2. The Bertz CT molecular complexity index is 1140. The van der Waals surface area contributed by atoms with Gasteiger partial charge in [0.05, 0.1) is 0 Å². The van der Waals surface area contributed by atoms with Gasteiger partial charge in [0.1, 0.15) is 6.67 Å². The normalized spacial score (nSPS) is 10.7. The molecule has 1 aromatic carbocycles. The molecule has 4 rings (SSSR count). The monoisotopic (exact) mass is 390 g/mol. The second kappa shape index (κ2) is 7.80. The molecule has 2 N–H and O–H groups in total. The van der Waals surface area contributed by atoms with Crippen molar-refractivity contribution in [3.05, 3.63) is 78.6 Å². The van der Waals surface area contributed by atoms with E-state index in [1.54, 1.807) is 76.1 Å². The summed E-state index contributed by atoms with van der Waals surface area (Å²) in [6.45, 7) is 0.412. The second-order valence-electron chi connectivity index (χ2n) is 6.29. The van der Waals surface area contributed by atoms with Crippen LogP contribution in [0.2, 0.25) is 0 Å². The third kappa shape index (κ3) is 4.38. The van der Waals surface area contributed by atoms with Gasteiger partial charge in [-0.1, -0.05) is 6.07 Å². The van der Waals surface area contributed by atoms with Crippen LogP contribution >= 0.6 is 0 Å². The van der Waals surface area contributed by atoms with Crippen molar-refractivity contribution < 1.29 is 9.59 Å². The van der Waals surface area contributed by atoms with Crippen LogP contribution in [-0.4, -0.2) is 41.2 Å². The van der Waals surface area contributed by atoms with E-state index in [4.69, 9.17) is 0 Å². The smallest absolute Gasteiger partial charge is 0.276 e. The van der Waals surface area contributed by atoms with E-state index >= 15 is 0 Å². The number of nitrogens with zero attached hydrogens (tertiary/aromatic N) is 6. The summed E-state index contributed by atoms with van der Waals surface area (Å²) in [5, 5.41) is 18.0. The first-order valence-corrected chi connectivity index (χ1v) is 8.80. The lowest BCUT2D eigenvalue weighted by Gasteiger charge is -2.07. The van der Waals surface area contributed by atoms with Gasteiger partial charge in [-0.2, -0.15) is 15.3 Å². The lowest BCUT2D eigenvalue weighted by Crippen LogP contribution is -2.16. The fourth-order valence-corrected chi connectivity index (χ4v) is 2.70. The minimum Gasteiger partial charge on any atom is -0.321 e. The van der Waals surface area contributed by atoms with Gasteiger partial charge in [-0.25, -0.2) is 0 Å². The van der Waals surface area contributed by atoms with Gasteiger partial charge in [-0.15, -0.1) is 0 Å². The maximum absolute atomic E-state index is 12.5. The van der Waals surface area contributed by atoms with Crippen molar-refractivity contribution in [1.29, 1.82) is 0 Å². The standard InChI is InChI=1S/C19H18N8O2/c1-25-10-6-16(23-25)18(28)21-14-4-2-5-15(12-14)22-19(29)17-7-11-27(24-17)13-26-9-3-8-20-26/h2-12H,13H2,1H3,(H,21,28)(H,22,29). The number of benzene rings is 1. The van der Waals surface area contributed by atoms with Gasteiger partial charge < -0.3 is 10.6 Å². The van der Waals surface area contributed by atoms with Crippen molar-refractivity contribution in [2.24, 2.45) is 7.05 Å². The Morgan fingerprint density at radius 3 is 2.17 bits per heavy atom. The summed E-state index contributed by atoms with van der Waals surface area (Å²) in [5.74, 6) is -0.677. The maximum atomic E-state index is 12.5. The van der Waals surface area contributed by atoms with E-state index < -0.39 is 0 Å². The van der Waals surface area contributed by atoms with Crippen LogP contribution in [-0.2, 0) is 13.7 Å². The summed E-state index contributed by atoms with van der Waals surface area (Å²) in [6.07, 6.45) is 6.89. The van der Waals surface area contributed by atoms with Crippen molar-refractivity contribution in [3.8, 4) is 0 Å². The molecule has 0 spiro atoms. The Morgan fingerprint density at radius 2 is 1.55 bits per heavy atom. The highest BCUT2D eigenvalue weighted by Gasteiger charge is 2.12. The summed E-state index contributed by atoms with van der Waals surface area (Å²) >= 11 is 0. The van der Waals surface area contributed by atoms with E-state index in [1.165, 1.54) is 0 Å².